The van der Waals surface area contributed by atoms with Crippen molar-refractivity contribution in [2.45, 2.75) is 52.0 Å². The standard InChI is InChI=1S/C12H21NO3/c1-3-16-12(15)11(14)13-10-8-6-4-5-7-9(10)2/h9-10H,3-8H2,1-2H3,(H,13,14). The largest absolute Gasteiger partial charge is 0.459 e. The summed E-state index contributed by atoms with van der Waals surface area (Å²) in [6, 6.07) is 0.124. The number of hydrogen-bond acceptors (Lipinski definition) is 3. The minimum absolute atomic E-state index is 0.124. The molecule has 1 amide bonds. The molecule has 0 aromatic heterocycles. The van der Waals surface area contributed by atoms with Crippen LogP contribution in [0.15, 0.2) is 0 Å². The highest BCUT2D eigenvalue weighted by atomic mass is 16.5. The van der Waals surface area contributed by atoms with E-state index < -0.39 is 11.9 Å². The van der Waals surface area contributed by atoms with Gasteiger partial charge < -0.3 is 10.1 Å². The Bertz CT molecular complexity index is 253. The molecule has 4 nitrogen and oxygen atoms in total. The van der Waals surface area contributed by atoms with Gasteiger partial charge in [-0.25, -0.2) is 4.79 Å². The highest BCUT2D eigenvalue weighted by Crippen LogP contribution is 2.22. The van der Waals surface area contributed by atoms with E-state index in [1.165, 1.54) is 12.8 Å². The first-order valence-electron chi connectivity index (χ1n) is 6.12. The zero-order chi connectivity index (χ0) is 12.0. The van der Waals surface area contributed by atoms with Gasteiger partial charge in [0.1, 0.15) is 0 Å². The first-order chi connectivity index (χ1) is 7.65. The Hall–Kier alpha value is -1.06. The van der Waals surface area contributed by atoms with Crippen LogP contribution in [0.2, 0.25) is 0 Å². The summed E-state index contributed by atoms with van der Waals surface area (Å²) in [5.41, 5.74) is 0. The minimum Gasteiger partial charge on any atom is -0.459 e. The lowest BCUT2D eigenvalue weighted by Crippen LogP contribution is -2.43. The summed E-state index contributed by atoms with van der Waals surface area (Å²) in [5.74, 6) is -0.916. The number of nitrogens with one attached hydrogen (secondary N) is 1. The zero-order valence-electron chi connectivity index (χ0n) is 10.1. The van der Waals surface area contributed by atoms with Gasteiger partial charge in [0.2, 0.25) is 0 Å². The first-order valence-corrected chi connectivity index (χ1v) is 6.12. The molecular formula is C12H21NO3. The molecule has 1 aliphatic rings. The van der Waals surface area contributed by atoms with Crippen molar-refractivity contribution in [2.75, 3.05) is 6.61 Å². The number of amides is 1. The van der Waals surface area contributed by atoms with Gasteiger partial charge in [-0.15, -0.1) is 0 Å². The van der Waals surface area contributed by atoms with Crippen LogP contribution in [-0.4, -0.2) is 24.5 Å². The molecule has 1 N–H and O–H groups in total. The van der Waals surface area contributed by atoms with E-state index in [1.807, 2.05) is 0 Å². The predicted molar refractivity (Wildman–Crippen MR) is 60.8 cm³/mol. The molecule has 0 aromatic rings. The Morgan fingerprint density at radius 1 is 1.25 bits per heavy atom. The summed E-state index contributed by atoms with van der Waals surface area (Å²) in [6.45, 7) is 4.06. The summed E-state index contributed by atoms with van der Waals surface area (Å²) < 4.78 is 4.66. The molecule has 0 spiro atoms. The van der Waals surface area contributed by atoms with Crippen molar-refractivity contribution in [1.29, 1.82) is 0 Å². The lowest BCUT2D eigenvalue weighted by Gasteiger charge is -2.22. The van der Waals surface area contributed by atoms with Gasteiger partial charge in [0.25, 0.3) is 0 Å². The molecule has 2 atom stereocenters. The van der Waals surface area contributed by atoms with Gasteiger partial charge in [-0.1, -0.05) is 26.2 Å². The van der Waals surface area contributed by atoms with Gasteiger partial charge in [0.15, 0.2) is 0 Å². The van der Waals surface area contributed by atoms with E-state index >= 15 is 0 Å². The SMILES string of the molecule is CCOC(=O)C(=O)NC1CCCCCC1C. The van der Waals surface area contributed by atoms with Crippen LogP contribution in [0.1, 0.15) is 46.0 Å². The Morgan fingerprint density at radius 2 is 1.94 bits per heavy atom. The smallest absolute Gasteiger partial charge is 0.396 e. The van der Waals surface area contributed by atoms with Gasteiger partial charge in [-0.05, 0) is 25.7 Å². The molecular weight excluding hydrogens is 206 g/mol. The third kappa shape index (κ3) is 3.83. The van der Waals surface area contributed by atoms with Crippen molar-refractivity contribution >= 4 is 11.9 Å². The third-order valence-electron chi connectivity index (χ3n) is 3.14. The number of esters is 1. The molecule has 1 rings (SSSR count). The normalized spacial score (nSPS) is 25.6. The topological polar surface area (TPSA) is 55.4 Å². The van der Waals surface area contributed by atoms with Crippen LogP contribution in [-0.2, 0) is 14.3 Å². The van der Waals surface area contributed by atoms with Crippen molar-refractivity contribution in [3.8, 4) is 0 Å². The lowest BCUT2D eigenvalue weighted by molar-refractivity contribution is -0.155. The fraction of sp³-hybridized carbons (Fsp3) is 0.833. The molecule has 1 fully saturated rings. The summed E-state index contributed by atoms with van der Waals surface area (Å²) in [5, 5.41) is 2.78. The molecule has 0 aliphatic heterocycles. The van der Waals surface area contributed by atoms with Crippen LogP contribution in [0.5, 0.6) is 0 Å². The van der Waals surface area contributed by atoms with Crippen molar-refractivity contribution in [1.82, 2.24) is 5.32 Å². The summed E-state index contributed by atoms with van der Waals surface area (Å²) in [4.78, 5) is 22.6. The number of ether oxygens (including phenoxy) is 1. The van der Waals surface area contributed by atoms with Crippen molar-refractivity contribution in [3.63, 3.8) is 0 Å². The third-order valence-corrected chi connectivity index (χ3v) is 3.14. The van der Waals surface area contributed by atoms with Gasteiger partial charge in [0, 0.05) is 6.04 Å². The van der Waals surface area contributed by atoms with Crippen LogP contribution in [0, 0.1) is 5.92 Å². The van der Waals surface area contributed by atoms with Crippen LogP contribution < -0.4 is 5.32 Å². The second kappa shape index (κ2) is 6.51. The Morgan fingerprint density at radius 3 is 2.62 bits per heavy atom. The van der Waals surface area contributed by atoms with E-state index in [9.17, 15) is 9.59 Å². The molecule has 92 valence electrons. The maximum absolute atomic E-state index is 11.5. The van der Waals surface area contributed by atoms with Crippen LogP contribution in [0.3, 0.4) is 0 Å². The molecule has 0 bridgehead atoms. The molecule has 0 heterocycles. The van der Waals surface area contributed by atoms with Crippen LogP contribution in [0.4, 0.5) is 0 Å². The molecule has 1 aliphatic carbocycles. The van der Waals surface area contributed by atoms with E-state index in [2.05, 4.69) is 17.0 Å². The Balaban J connectivity index is 2.44. The van der Waals surface area contributed by atoms with Crippen molar-refractivity contribution in [2.24, 2.45) is 5.92 Å². The van der Waals surface area contributed by atoms with E-state index in [1.54, 1.807) is 6.92 Å². The summed E-state index contributed by atoms with van der Waals surface area (Å²) in [7, 11) is 0. The van der Waals surface area contributed by atoms with Gasteiger partial charge >= 0.3 is 11.9 Å². The number of hydrogen-bond donors (Lipinski definition) is 1. The molecule has 4 heteroatoms. The second-order valence-electron chi connectivity index (χ2n) is 4.42. The Kier molecular flexibility index (Phi) is 5.29. The van der Waals surface area contributed by atoms with Gasteiger partial charge in [-0.3, -0.25) is 4.79 Å². The molecule has 1 saturated carbocycles. The maximum Gasteiger partial charge on any atom is 0.396 e. The molecule has 16 heavy (non-hydrogen) atoms. The van der Waals surface area contributed by atoms with Crippen molar-refractivity contribution in [3.05, 3.63) is 0 Å². The second-order valence-corrected chi connectivity index (χ2v) is 4.42. The fourth-order valence-electron chi connectivity index (χ4n) is 2.13. The van der Waals surface area contributed by atoms with Crippen molar-refractivity contribution < 1.29 is 14.3 Å². The number of carbonyl (C=O) groups excluding carboxylic acids is 2. The Labute approximate surface area is 96.7 Å². The lowest BCUT2D eigenvalue weighted by atomic mass is 9.97. The fourth-order valence-corrected chi connectivity index (χ4v) is 2.13. The van der Waals surface area contributed by atoms with Crippen LogP contribution >= 0.6 is 0 Å². The average molecular weight is 227 g/mol. The molecule has 2 unspecified atom stereocenters. The van der Waals surface area contributed by atoms with E-state index in [0.717, 1.165) is 19.3 Å². The average Bonchev–Trinajstić information content (AvgIpc) is 2.45. The molecule has 0 radical (unpaired) electrons. The maximum atomic E-state index is 11.5. The van der Waals surface area contributed by atoms with E-state index in [4.69, 9.17) is 0 Å². The van der Waals surface area contributed by atoms with Crippen LogP contribution in [0.25, 0.3) is 0 Å². The van der Waals surface area contributed by atoms with Gasteiger partial charge in [-0.2, -0.15) is 0 Å². The van der Waals surface area contributed by atoms with E-state index in [-0.39, 0.29) is 12.6 Å². The first kappa shape index (κ1) is 13.0. The molecule has 0 aromatic carbocycles. The number of carbonyl (C=O) groups is 2. The van der Waals surface area contributed by atoms with E-state index in [0.29, 0.717) is 5.92 Å². The highest BCUT2D eigenvalue weighted by Gasteiger charge is 2.24. The zero-order valence-corrected chi connectivity index (χ0v) is 10.1. The molecule has 0 saturated heterocycles. The van der Waals surface area contributed by atoms with Gasteiger partial charge in [0.05, 0.1) is 6.61 Å². The highest BCUT2D eigenvalue weighted by molar-refractivity contribution is 6.32. The summed E-state index contributed by atoms with van der Waals surface area (Å²) in [6.07, 6.45) is 5.64. The quantitative estimate of drug-likeness (QED) is 0.443. The monoisotopic (exact) mass is 227 g/mol. The summed E-state index contributed by atoms with van der Waals surface area (Å²) >= 11 is 0. The predicted octanol–water partition coefficient (Wildman–Crippen LogP) is 1.63. The number of rotatable bonds is 2. The minimum atomic E-state index is -0.765.